The van der Waals surface area contributed by atoms with E-state index in [2.05, 4.69) is 58.9 Å². The highest BCUT2D eigenvalue weighted by molar-refractivity contribution is 5.14. The van der Waals surface area contributed by atoms with E-state index in [1.807, 2.05) is 6.07 Å². The van der Waals surface area contributed by atoms with Crippen LogP contribution < -0.4 is 5.32 Å². The van der Waals surface area contributed by atoms with E-state index in [9.17, 15) is 0 Å². The van der Waals surface area contributed by atoms with E-state index in [0.717, 1.165) is 19.8 Å². The molecule has 0 radical (unpaired) electrons. The van der Waals surface area contributed by atoms with Crippen LogP contribution in [0.25, 0.3) is 0 Å². The van der Waals surface area contributed by atoms with Gasteiger partial charge in [0.2, 0.25) is 0 Å². The molecule has 2 nitrogen and oxygen atoms in total. The van der Waals surface area contributed by atoms with Crippen molar-refractivity contribution in [3.8, 4) is 0 Å². The highest BCUT2D eigenvalue weighted by atomic mass is 15.2. The molecule has 0 atom stereocenters. The zero-order chi connectivity index (χ0) is 10.3. The van der Waals surface area contributed by atoms with E-state index < -0.39 is 0 Å². The first-order valence-electron chi connectivity index (χ1n) is 5.27. The highest BCUT2D eigenvalue weighted by Crippen LogP contribution is 1.99. The summed E-state index contributed by atoms with van der Waals surface area (Å²) < 4.78 is 0. The van der Waals surface area contributed by atoms with E-state index >= 15 is 0 Å². The number of rotatable bonds is 4. The van der Waals surface area contributed by atoms with Crippen molar-refractivity contribution < 1.29 is 0 Å². The Balaban J connectivity index is 1.71. The Kier molecular flexibility index (Phi) is 3.58. The Hall–Kier alpha value is -1.54. The summed E-state index contributed by atoms with van der Waals surface area (Å²) in [4.78, 5) is 2.24. The van der Waals surface area contributed by atoms with Crippen LogP contribution in [0.3, 0.4) is 0 Å². The third-order valence-corrected chi connectivity index (χ3v) is 2.37. The number of hydrogen-bond donors (Lipinski definition) is 1. The molecule has 0 aliphatic carbocycles. The van der Waals surface area contributed by atoms with Crippen LogP contribution in [-0.4, -0.2) is 18.1 Å². The van der Waals surface area contributed by atoms with Gasteiger partial charge in [-0.1, -0.05) is 42.5 Å². The number of nitrogens with one attached hydrogen (secondary N) is 1. The summed E-state index contributed by atoms with van der Waals surface area (Å²) in [6, 6.07) is 10.5. The minimum Gasteiger partial charge on any atom is -0.361 e. The largest absolute Gasteiger partial charge is 0.361 e. The van der Waals surface area contributed by atoms with Gasteiger partial charge in [0.05, 0.1) is 6.67 Å². The van der Waals surface area contributed by atoms with Crippen LogP contribution in [0.15, 0.2) is 54.8 Å². The van der Waals surface area contributed by atoms with Gasteiger partial charge in [-0.2, -0.15) is 0 Å². The zero-order valence-corrected chi connectivity index (χ0v) is 8.76. The predicted octanol–water partition coefficient (Wildman–Crippen LogP) is 2.12. The van der Waals surface area contributed by atoms with Crippen LogP contribution in [0.4, 0.5) is 0 Å². The SMILES string of the molecule is C1=CCN(CNCc2ccccc2)C=C1. The summed E-state index contributed by atoms with van der Waals surface area (Å²) in [6.45, 7) is 2.82. The minimum absolute atomic E-state index is 0.899. The maximum atomic E-state index is 3.41. The lowest BCUT2D eigenvalue weighted by Gasteiger charge is -2.20. The van der Waals surface area contributed by atoms with Crippen LogP contribution in [-0.2, 0) is 6.54 Å². The average Bonchev–Trinajstić information content (AvgIpc) is 2.32. The molecule has 1 N–H and O–H groups in total. The second-order valence-electron chi connectivity index (χ2n) is 3.61. The van der Waals surface area contributed by atoms with Gasteiger partial charge in [-0.15, -0.1) is 0 Å². The zero-order valence-electron chi connectivity index (χ0n) is 8.76. The summed E-state index contributed by atoms with van der Waals surface area (Å²) in [7, 11) is 0. The van der Waals surface area contributed by atoms with E-state index in [1.165, 1.54) is 5.56 Å². The fourth-order valence-electron chi connectivity index (χ4n) is 1.56. The van der Waals surface area contributed by atoms with E-state index in [-0.39, 0.29) is 0 Å². The van der Waals surface area contributed by atoms with Gasteiger partial charge in [-0.05, 0) is 11.6 Å². The van der Waals surface area contributed by atoms with Gasteiger partial charge in [-0.25, -0.2) is 0 Å². The second kappa shape index (κ2) is 5.37. The number of nitrogens with zero attached hydrogens (tertiary/aromatic N) is 1. The van der Waals surface area contributed by atoms with Crippen LogP contribution in [0, 0.1) is 0 Å². The van der Waals surface area contributed by atoms with Gasteiger partial charge in [0.15, 0.2) is 0 Å². The van der Waals surface area contributed by atoms with Crippen molar-refractivity contribution in [2.75, 3.05) is 13.2 Å². The molecule has 0 bridgehead atoms. The van der Waals surface area contributed by atoms with Crippen molar-refractivity contribution in [3.63, 3.8) is 0 Å². The first-order chi connectivity index (χ1) is 7.45. The molecule has 0 spiro atoms. The Labute approximate surface area is 90.9 Å². The first-order valence-corrected chi connectivity index (χ1v) is 5.27. The smallest absolute Gasteiger partial charge is 0.0682 e. The van der Waals surface area contributed by atoms with Crippen molar-refractivity contribution >= 4 is 0 Å². The third-order valence-electron chi connectivity index (χ3n) is 2.37. The fraction of sp³-hybridized carbons (Fsp3) is 0.231. The maximum Gasteiger partial charge on any atom is 0.0682 e. The van der Waals surface area contributed by atoms with Gasteiger partial charge in [0.25, 0.3) is 0 Å². The summed E-state index contributed by atoms with van der Waals surface area (Å²) >= 11 is 0. The molecule has 0 aromatic heterocycles. The van der Waals surface area contributed by atoms with Gasteiger partial charge >= 0.3 is 0 Å². The summed E-state index contributed by atoms with van der Waals surface area (Å²) in [5.74, 6) is 0. The molecule has 2 heteroatoms. The molecular weight excluding hydrogens is 184 g/mol. The van der Waals surface area contributed by atoms with Crippen molar-refractivity contribution in [1.29, 1.82) is 0 Å². The lowest BCUT2D eigenvalue weighted by molar-refractivity contribution is 0.371. The van der Waals surface area contributed by atoms with Crippen LogP contribution in [0.1, 0.15) is 5.56 Å². The molecule has 1 aliphatic rings. The number of benzene rings is 1. The van der Waals surface area contributed by atoms with E-state index in [1.54, 1.807) is 0 Å². The molecule has 0 unspecified atom stereocenters. The van der Waals surface area contributed by atoms with Crippen molar-refractivity contribution in [2.24, 2.45) is 0 Å². The lowest BCUT2D eigenvalue weighted by atomic mass is 10.2. The van der Waals surface area contributed by atoms with Gasteiger partial charge < -0.3 is 4.90 Å². The van der Waals surface area contributed by atoms with Crippen LogP contribution >= 0.6 is 0 Å². The molecule has 0 fully saturated rings. The second-order valence-corrected chi connectivity index (χ2v) is 3.61. The summed E-state index contributed by atoms with van der Waals surface area (Å²) in [6.07, 6.45) is 8.41. The predicted molar refractivity (Wildman–Crippen MR) is 63.1 cm³/mol. The molecule has 1 aromatic rings. The number of allylic oxidation sites excluding steroid dienone is 2. The maximum absolute atomic E-state index is 3.41. The molecule has 0 amide bonds. The molecule has 1 aliphatic heterocycles. The summed E-state index contributed by atoms with van der Waals surface area (Å²) in [5.41, 5.74) is 1.33. The Morgan fingerprint density at radius 2 is 2.00 bits per heavy atom. The van der Waals surface area contributed by atoms with Crippen molar-refractivity contribution in [1.82, 2.24) is 10.2 Å². The monoisotopic (exact) mass is 200 g/mol. The number of hydrogen-bond acceptors (Lipinski definition) is 2. The Morgan fingerprint density at radius 3 is 2.73 bits per heavy atom. The molecule has 0 saturated heterocycles. The molecule has 2 rings (SSSR count). The third kappa shape index (κ3) is 3.26. The Morgan fingerprint density at radius 1 is 1.13 bits per heavy atom. The lowest BCUT2D eigenvalue weighted by Crippen LogP contribution is -2.30. The van der Waals surface area contributed by atoms with Crippen LogP contribution in [0.2, 0.25) is 0 Å². The average molecular weight is 200 g/mol. The molecule has 15 heavy (non-hydrogen) atoms. The molecule has 78 valence electrons. The highest BCUT2D eigenvalue weighted by Gasteiger charge is 1.98. The molecule has 0 saturated carbocycles. The molecule has 1 heterocycles. The van der Waals surface area contributed by atoms with Crippen LogP contribution in [0.5, 0.6) is 0 Å². The standard InChI is InChI=1S/C13H16N2/c1-3-7-13(8-4-1)11-14-12-15-9-5-2-6-10-15/h1-9,14H,10-12H2. The Bertz CT molecular complexity index is 341. The molecular formula is C13H16N2. The van der Waals surface area contributed by atoms with Gasteiger partial charge in [-0.3, -0.25) is 5.32 Å². The van der Waals surface area contributed by atoms with Gasteiger partial charge in [0.1, 0.15) is 0 Å². The van der Waals surface area contributed by atoms with E-state index in [4.69, 9.17) is 0 Å². The van der Waals surface area contributed by atoms with E-state index in [0.29, 0.717) is 0 Å². The molecule has 1 aromatic carbocycles. The fourth-order valence-corrected chi connectivity index (χ4v) is 1.56. The quantitative estimate of drug-likeness (QED) is 0.801. The topological polar surface area (TPSA) is 15.3 Å². The normalized spacial score (nSPS) is 14.5. The van der Waals surface area contributed by atoms with Crippen molar-refractivity contribution in [2.45, 2.75) is 6.54 Å². The first kappa shape index (κ1) is 9.99. The van der Waals surface area contributed by atoms with Gasteiger partial charge in [0, 0.05) is 19.3 Å². The van der Waals surface area contributed by atoms with Crippen molar-refractivity contribution in [3.05, 3.63) is 60.3 Å². The minimum atomic E-state index is 0.899. The summed E-state index contributed by atoms with van der Waals surface area (Å²) in [5, 5.41) is 3.41.